The first kappa shape index (κ1) is 13.7. The molecule has 16 heavy (non-hydrogen) atoms. The lowest BCUT2D eigenvalue weighted by molar-refractivity contribution is 0.327. The minimum absolute atomic E-state index is 0.0967. The molecule has 90 valence electrons. The van der Waals surface area contributed by atoms with Gasteiger partial charge in [0.15, 0.2) is 0 Å². The fourth-order valence-corrected chi connectivity index (χ4v) is 1.81. The highest BCUT2D eigenvalue weighted by atomic mass is 79.9. The van der Waals surface area contributed by atoms with Crippen LogP contribution in [0.5, 0.6) is 0 Å². The zero-order valence-electron chi connectivity index (χ0n) is 10.1. The molecule has 1 rings (SSSR count). The summed E-state index contributed by atoms with van der Waals surface area (Å²) in [6.07, 6.45) is 2.09. The number of hydrogen-bond donors (Lipinski definition) is 1. The van der Waals surface area contributed by atoms with E-state index in [4.69, 9.17) is 0 Å². The highest BCUT2D eigenvalue weighted by molar-refractivity contribution is 9.10. The Morgan fingerprint density at radius 1 is 1.31 bits per heavy atom. The summed E-state index contributed by atoms with van der Waals surface area (Å²) in [5, 5.41) is 3.42. The first-order valence-corrected chi connectivity index (χ1v) is 6.49. The van der Waals surface area contributed by atoms with E-state index in [1.807, 2.05) is 12.1 Å². The largest absolute Gasteiger partial charge is 0.307 e. The molecular formula is C13H19BrFN. The van der Waals surface area contributed by atoms with E-state index in [-0.39, 0.29) is 11.4 Å². The molecule has 0 aliphatic heterocycles. The van der Waals surface area contributed by atoms with E-state index >= 15 is 0 Å². The molecule has 0 aliphatic carbocycles. The molecule has 1 aromatic carbocycles. The maximum atomic E-state index is 13.6. The van der Waals surface area contributed by atoms with E-state index in [2.05, 4.69) is 42.0 Å². The molecule has 0 fully saturated rings. The van der Waals surface area contributed by atoms with Crippen LogP contribution in [0.4, 0.5) is 4.39 Å². The summed E-state index contributed by atoms with van der Waals surface area (Å²) in [5.74, 6) is -0.156. The Morgan fingerprint density at radius 2 is 1.94 bits per heavy atom. The molecule has 1 N–H and O–H groups in total. The first-order valence-electron chi connectivity index (χ1n) is 5.69. The lowest BCUT2D eigenvalue weighted by Crippen LogP contribution is -2.40. The molecule has 0 atom stereocenters. The maximum absolute atomic E-state index is 13.6. The Morgan fingerprint density at radius 3 is 2.44 bits per heavy atom. The van der Waals surface area contributed by atoms with Crippen LogP contribution < -0.4 is 5.32 Å². The van der Waals surface area contributed by atoms with Crippen LogP contribution in [0.15, 0.2) is 22.7 Å². The third-order valence-corrected chi connectivity index (χ3v) is 3.77. The van der Waals surface area contributed by atoms with Crippen molar-refractivity contribution in [3.63, 3.8) is 0 Å². The predicted octanol–water partition coefficient (Wildman–Crippen LogP) is 4.26. The maximum Gasteiger partial charge on any atom is 0.128 e. The van der Waals surface area contributed by atoms with Crippen LogP contribution in [0.1, 0.15) is 39.2 Å². The molecule has 0 heterocycles. The Bertz CT molecular complexity index is 348. The highest BCUT2D eigenvalue weighted by Crippen LogP contribution is 2.18. The third-order valence-electron chi connectivity index (χ3n) is 3.28. The molecule has 0 saturated heterocycles. The number of benzene rings is 1. The lowest BCUT2D eigenvalue weighted by atomic mass is 9.95. The van der Waals surface area contributed by atoms with Crippen molar-refractivity contribution in [1.82, 2.24) is 5.32 Å². The van der Waals surface area contributed by atoms with E-state index in [9.17, 15) is 4.39 Å². The Hall–Kier alpha value is -0.410. The Balaban J connectivity index is 2.67. The molecule has 0 amide bonds. The first-order chi connectivity index (χ1) is 7.50. The fraction of sp³-hybridized carbons (Fsp3) is 0.538. The van der Waals surface area contributed by atoms with Crippen molar-refractivity contribution >= 4 is 15.9 Å². The zero-order chi connectivity index (χ0) is 12.2. The zero-order valence-corrected chi connectivity index (χ0v) is 11.7. The van der Waals surface area contributed by atoms with Gasteiger partial charge in [0.1, 0.15) is 5.82 Å². The van der Waals surface area contributed by atoms with Gasteiger partial charge in [-0.15, -0.1) is 0 Å². The van der Waals surface area contributed by atoms with Crippen molar-refractivity contribution in [2.24, 2.45) is 0 Å². The number of rotatable bonds is 5. The number of halogens is 2. The van der Waals surface area contributed by atoms with Crippen molar-refractivity contribution in [1.29, 1.82) is 0 Å². The normalized spacial score (nSPS) is 11.8. The monoisotopic (exact) mass is 287 g/mol. The van der Waals surface area contributed by atoms with Crippen molar-refractivity contribution in [2.45, 2.75) is 45.7 Å². The molecule has 0 unspecified atom stereocenters. The van der Waals surface area contributed by atoms with Gasteiger partial charge in [-0.3, -0.25) is 0 Å². The number of hydrogen-bond acceptors (Lipinski definition) is 1. The lowest BCUT2D eigenvalue weighted by Gasteiger charge is -2.28. The van der Waals surface area contributed by atoms with Crippen LogP contribution in [0.2, 0.25) is 0 Å². The van der Waals surface area contributed by atoms with E-state index in [0.29, 0.717) is 6.54 Å². The Kier molecular flexibility index (Phi) is 4.93. The van der Waals surface area contributed by atoms with Crippen molar-refractivity contribution in [2.75, 3.05) is 0 Å². The minimum Gasteiger partial charge on any atom is -0.307 e. The summed E-state index contributed by atoms with van der Waals surface area (Å²) >= 11 is 3.25. The molecule has 0 bridgehead atoms. The van der Waals surface area contributed by atoms with Gasteiger partial charge in [-0.25, -0.2) is 4.39 Å². The van der Waals surface area contributed by atoms with Gasteiger partial charge in [-0.2, -0.15) is 0 Å². The second kappa shape index (κ2) is 5.78. The summed E-state index contributed by atoms with van der Waals surface area (Å²) in [5.41, 5.74) is 0.816. The van der Waals surface area contributed by atoms with Gasteiger partial charge in [0.25, 0.3) is 0 Å². The van der Waals surface area contributed by atoms with Gasteiger partial charge in [0.2, 0.25) is 0 Å². The molecule has 1 nitrogen and oxygen atoms in total. The molecule has 0 aliphatic rings. The average Bonchev–Trinajstić information content (AvgIpc) is 2.27. The second-order valence-electron chi connectivity index (χ2n) is 4.36. The van der Waals surface area contributed by atoms with Crippen LogP contribution in [0.25, 0.3) is 0 Å². The van der Waals surface area contributed by atoms with Gasteiger partial charge in [-0.1, -0.05) is 35.8 Å². The molecule has 1 aromatic rings. The van der Waals surface area contributed by atoms with Crippen molar-refractivity contribution in [3.05, 3.63) is 34.1 Å². The van der Waals surface area contributed by atoms with E-state index < -0.39 is 0 Å². The summed E-state index contributed by atoms with van der Waals surface area (Å²) in [6.45, 7) is 7.05. The standard InChI is InChI=1S/C13H19BrFN/c1-4-13(3,5-2)16-9-10-6-7-11(14)8-12(10)15/h6-8,16H,4-5,9H2,1-3H3. The van der Waals surface area contributed by atoms with Gasteiger partial charge in [0, 0.05) is 22.1 Å². The fourth-order valence-electron chi connectivity index (χ4n) is 1.47. The van der Waals surface area contributed by atoms with Crippen molar-refractivity contribution in [3.8, 4) is 0 Å². The topological polar surface area (TPSA) is 12.0 Å². The molecular weight excluding hydrogens is 269 g/mol. The van der Waals surface area contributed by atoms with E-state index in [1.54, 1.807) is 0 Å². The summed E-state index contributed by atoms with van der Waals surface area (Å²) in [4.78, 5) is 0. The van der Waals surface area contributed by atoms with Crippen LogP contribution >= 0.6 is 15.9 Å². The van der Waals surface area contributed by atoms with Crippen molar-refractivity contribution < 1.29 is 4.39 Å². The molecule has 0 spiro atoms. The van der Waals surface area contributed by atoms with Gasteiger partial charge in [0.05, 0.1) is 0 Å². The van der Waals surface area contributed by atoms with Gasteiger partial charge >= 0.3 is 0 Å². The van der Waals surface area contributed by atoms with Crippen LogP contribution in [-0.2, 0) is 6.54 Å². The third kappa shape index (κ3) is 3.56. The van der Waals surface area contributed by atoms with Crippen LogP contribution in [-0.4, -0.2) is 5.54 Å². The average molecular weight is 288 g/mol. The molecule has 0 aromatic heterocycles. The highest BCUT2D eigenvalue weighted by Gasteiger charge is 2.18. The summed E-state index contributed by atoms with van der Waals surface area (Å²) in [7, 11) is 0. The van der Waals surface area contributed by atoms with Crippen LogP contribution in [0.3, 0.4) is 0 Å². The second-order valence-corrected chi connectivity index (χ2v) is 5.27. The van der Waals surface area contributed by atoms with E-state index in [1.165, 1.54) is 6.07 Å². The minimum atomic E-state index is -0.156. The summed E-state index contributed by atoms with van der Waals surface area (Å²) < 4.78 is 14.3. The van der Waals surface area contributed by atoms with Gasteiger partial charge < -0.3 is 5.32 Å². The predicted molar refractivity (Wildman–Crippen MR) is 69.9 cm³/mol. The van der Waals surface area contributed by atoms with Gasteiger partial charge in [-0.05, 0) is 31.9 Å². The SMILES string of the molecule is CCC(C)(CC)NCc1ccc(Br)cc1F. The van der Waals surface area contributed by atoms with Crippen LogP contribution in [0, 0.1) is 5.82 Å². The molecule has 0 saturated carbocycles. The smallest absolute Gasteiger partial charge is 0.128 e. The number of nitrogens with one attached hydrogen (secondary N) is 1. The molecule has 0 radical (unpaired) electrons. The summed E-state index contributed by atoms with van der Waals surface area (Å²) in [6, 6.07) is 5.19. The van der Waals surface area contributed by atoms with E-state index in [0.717, 1.165) is 22.9 Å². The molecule has 3 heteroatoms. The Labute approximate surface area is 106 Å². The quantitative estimate of drug-likeness (QED) is 0.853.